The Hall–Kier alpha value is -0.0800. The summed E-state index contributed by atoms with van der Waals surface area (Å²) in [6, 6.07) is 0. The summed E-state index contributed by atoms with van der Waals surface area (Å²) in [5.41, 5.74) is 5.41. The highest BCUT2D eigenvalue weighted by Crippen LogP contribution is 2.28. The fourth-order valence-corrected chi connectivity index (χ4v) is 2.33. The minimum Gasteiger partial charge on any atom is -0.330 e. The second kappa shape index (κ2) is 8.25. The molecule has 84 valence electrons. The largest absolute Gasteiger partial charge is 0.330 e. The third-order valence-corrected chi connectivity index (χ3v) is 3.25. The normalized spacial score (nSPS) is 17.8. The van der Waals surface area contributed by atoms with Crippen LogP contribution in [0.5, 0.6) is 0 Å². The van der Waals surface area contributed by atoms with Crippen molar-refractivity contribution in [3.05, 3.63) is 0 Å². The van der Waals surface area contributed by atoms with E-state index in [0.29, 0.717) is 0 Å². The van der Waals surface area contributed by atoms with Gasteiger partial charge in [-0.05, 0) is 38.4 Å². The molecule has 14 heavy (non-hydrogen) atoms. The van der Waals surface area contributed by atoms with E-state index in [1.807, 2.05) is 0 Å². The summed E-state index contributed by atoms with van der Waals surface area (Å²) in [4.78, 5) is 0. The Bertz CT molecular complexity index is 119. The Labute approximate surface area is 88.6 Å². The van der Waals surface area contributed by atoms with Gasteiger partial charge in [-0.1, -0.05) is 38.5 Å². The van der Waals surface area contributed by atoms with Crippen molar-refractivity contribution in [3.63, 3.8) is 0 Å². The fraction of sp³-hybridized carbons (Fsp3) is 1.00. The second-order valence-electron chi connectivity index (χ2n) is 4.54. The Morgan fingerprint density at radius 2 is 1.71 bits per heavy atom. The SMILES string of the molecule is NCCCNCCCCC1CCCC1. The van der Waals surface area contributed by atoms with E-state index in [-0.39, 0.29) is 0 Å². The van der Waals surface area contributed by atoms with Crippen LogP contribution in [0.2, 0.25) is 0 Å². The molecule has 1 rings (SSSR count). The minimum absolute atomic E-state index is 0.815. The van der Waals surface area contributed by atoms with Crippen LogP contribution >= 0.6 is 0 Å². The maximum atomic E-state index is 5.41. The fourth-order valence-electron chi connectivity index (χ4n) is 2.33. The first-order valence-corrected chi connectivity index (χ1v) is 6.34. The van der Waals surface area contributed by atoms with Crippen LogP contribution in [0, 0.1) is 5.92 Å². The van der Waals surface area contributed by atoms with E-state index in [0.717, 1.165) is 25.4 Å². The van der Waals surface area contributed by atoms with Gasteiger partial charge in [-0.2, -0.15) is 0 Å². The first-order chi connectivity index (χ1) is 6.93. The third kappa shape index (κ3) is 5.61. The van der Waals surface area contributed by atoms with Gasteiger partial charge < -0.3 is 11.1 Å². The Balaban J connectivity index is 1.75. The molecular formula is C12H26N2. The topological polar surface area (TPSA) is 38.0 Å². The van der Waals surface area contributed by atoms with Gasteiger partial charge in [0.25, 0.3) is 0 Å². The van der Waals surface area contributed by atoms with Crippen LogP contribution in [-0.4, -0.2) is 19.6 Å². The summed E-state index contributed by atoms with van der Waals surface area (Å²) >= 11 is 0. The lowest BCUT2D eigenvalue weighted by Crippen LogP contribution is -2.19. The molecule has 0 atom stereocenters. The molecule has 3 N–H and O–H groups in total. The highest BCUT2D eigenvalue weighted by molar-refractivity contribution is 4.67. The molecule has 0 aromatic carbocycles. The zero-order valence-electron chi connectivity index (χ0n) is 9.43. The standard InChI is InChI=1S/C12H26N2/c13-9-5-11-14-10-4-3-8-12-6-1-2-7-12/h12,14H,1-11,13H2. The zero-order valence-corrected chi connectivity index (χ0v) is 9.43. The van der Waals surface area contributed by atoms with Crippen molar-refractivity contribution in [3.8, 4) is 0 Å². The van der Waals surface area contributed by atoms with Gasteiger partial charge >= 0.3 is 0 Å². The van der Waals surface area contributed by atoms with Gasteiger partial charge in [-0.3, -0.25) is 0 Å². The molecule has 2 heteroatoms. The number of nitrogens with one attached hydrogen (secondary N) is 1. The zero-order chi connectivity index (χ0) is 10.1. The molecular weight excluding hydrogens is 172 g/mol. The van der Waals surface area contributed by atoms with Crippen molar-refractivity contribution in [2.45, 2.75) is 51.4 Å². The Morgan fingerprint density at radius 1 is 1.00 bits per heavy atom. The van der Waals surface area contributed by atoms with Gasteiger partial charge in [0.2, 0.25) is 0 Å². The van der Waals surface area contributed by atoms with Crippen LogP contribution in [0.4, 0.5) is 0 Å². The predicted octanol–water partition coefficient (Wildman–Crippen LogP) is 2.29. The van der Waals surface area contributed by atoms with E-state index in [4.69, 9.17) is 5.73 Å². The van der Waals surface area contributed by atoms with Gasteiger partial charge in [0.15, 0.2) is 0 Å². The number of rotatable bonds is 8. The quantitative estimate of drug-likeness (QED) is 0.587. The van der Waals surface area contributed by atoms with Crippen LogP contribution in [0.1, 0.15) is 51.4 Å². The number of unbranched alkanes of at least 4 members (excludes halogenated alkanes) is 1. The van der Waals surface area contributed by atoms with E-state index in [2.05, 4.69) is 5.32 Å². The van der Waals surface area contributed by atoms with Crippen molar-refractivity contribution >= 4 is 0 Å². The first-order valence-electron chi connectivity index (χ1n) is 6.34. The smallest absolute Gasteiger partial charge is 0.00369 e. The number of hydrogen-bond donors (Lipinski definition) is 2. The van der Waals surface area contributed by atoms with E-state index >= 15 is 0 Å². The highest BCUT2D eigenvalue weighted by atomic mass is 14.8. The predicted molar refractivity (Wildman–Crippen MR) is 62.4 cm³/mol. The summed E-state index contributed by atoms with van der Waals surface area (Å²) in [6.07, 6.45) is 11.3. The van der Waals surface area contributed by atoms with Gasteiger partial charge in [0, 0.05) is 0 Å². The van der Waals surface area contributed by atoms with E-state index in [1.165, 1.54) is 51.5 Å². The van der Waals surface area contributed by atoms with E-state index < -0.39 is 0 Å². The van der Waals surface area contributed by atoms with Crippen molar-refractivity contribution in [1.29, 1.82) is 0 Å². The monoisotopic (exact) mass is 198 g/mol. The molecule has 0 aromatic heterocycles. The molecule has 0 radical (unpaired) electrons. The van der Waals surface area contributed by atoms with Crippen LogP contribution in [-0.2, 0) is 0 Å². The van der Waals surface area contributed by atoms with Crippen molar-refractivity contribution < 1.29 is 0 Å². The summed E-state index contributed by atoms with van der Waals surface area (Å²) in [5.74, 6) is 1.07. The molecule has 1 fully saturated rings. The average Bonchev–Trinajstić information content (AvgIpc) is 2.69. The van der Waals surface area contributed by atoms with Gasteiger partial charge in [0.05, 0.1) is 0 Å². The maximum Gasteiger partial charge on any atom is -0.00369 e. The molecule has 1 aliphatic carbocycles. The number of hydrogen-bond acceptors (Lipinski definition) is 2. The van der Waals surface area contributed by atoms with Crippen molar-refractivity contribution in [2.75, 3.05) is 19.6 Å². The van der Waals surface area contributed by atoms with Crippen molar-refractivity contribution in [1.82, 2.24) is 5.32 Å². The molecule has 0 aliphatic heterocycles. The summed E-state index contributed by atoms with van der Waals surface area (Å²) in [6.45, 7) is 3.10. The molecule has 0 heterocycles. The van der Waals surface area contributed by atoms with Gasteiger partial charge in [0.1, 0.15) is 0 Å². The Morgan fingerprint density at radius 3 is 2.43 bits per heavy atom. The number of nitrogens with two attached hydrogens (primary N) is 1. The lowest BCUT2D eigenvalue weighted by atomic mass is 10.0. The summed E-state index contributed by atoms with van der Waals surface area (Å²) < 4.78 is 0. The summed E-state index contributed by atoms with van der Waals surface area (Å²) in [7, 11) is 0. The van der Waals surface area contributed by atoms with E-state index in [9.17, 15) is 0 Å². The molecule has 0 spiro atoms. The minimum atomic E-state index is 0.815. The lowest BCUT2D eigenvalue weighted by molar-refractivity contribution is 0.466. The second-order valence-corrected chi connectivity index (χ2v) is 4.54. The van der Waals surface area contributed by atoms with Gasteiger partial charge in [-0.25, -0.2) is 0 Å². The summed E-state index contributed by atoms with van der Waals surface area (Å²) in [5, 5.41) is 3.43. The Kier molecular flexibility index (Phi) is 7.06. The molecule has 0 aromatic rings. The lowest BCUT2D eigenvalue weighted by Gasteiger charge is -2.08. The highest BCUT2D eigenvalue weighted by Gasteiger charge is 2.13. The van der Waals surface area contributed by atoms with Crippen LogP contribution in [0.25, 0.3) is 0 Å². The van der Waals surface area contributed by atoms with Crippen molar-refractivity contribution in [2.24, 2.45) is 11.7 Å². The maximum absolute atomic E-state index is 5.41. The molecule has 2 nitrogen and oxygen atoms in total. The molecule has 0 amide bonds. The van der Waals surface area contributed by atoms with Crippen LogP contribution < -0.4 is 11.1 Å². The molecule has 0 unspecified atom stereocenters. The molecule has 1 saturated carbocycles. The third-order valence-electron chi connectivity index (χ3n) is 3.25. The molecule has 1 aliphatic rings. The first kappa shape index (κ1) is 12.0. The van der Waals surface area contributed by atoms with E-state index in [1.54, 1.807) is 0 Å². The van der Waals surface area contributed by atoms with Crippen LogP contribution in [0.3, 0.4) is 0 Å². The average molecular weight is 198 g/mol. The van der Waals surface area contributed by atoms with Crippen LogP contribution in [0.15, 0.2) is 0 Å². The molecule has 0 saturated heterocycles. The van der Waals surface area contributed by atoms with Gasteiger partial charge in [-0.15, -0.1) is 0 Å². The molecule has 0 bridgehead atoms.